The number of rotatable bonds is 5. The molecule has 0 saturated carbocycles. The highest BCUT2D eigenvalue weighted by Crippen LogP contribution is 2.39. The molecular formula is C22H19N5S. The molecule has 5 nitrogen and oxygen atoms in total. The molecule has 0 atom stereocenters. The molecule has 2 aromatic carbocycles. The van der Waals surface area contributed by atoms with Crippen molar-refractivity contribution in [2.75, 3.05) is 18.4 Å². The molecule has 0 spiro atoms. The van der Waals surface area contributed by atoms with E-state index in [4.69, 9.17) is 5.73 Å². The molecule has 0 saturated heterocycles. The van der Waals surface area contributed by atoms with Gasteiger partial charge in [-0.3, -0.25) is 5.10 Å². The van der Waals surface area contributed by atoms with E-state index >= 15 is 0 Å². The van der Waals surface area contributed by atoms with Gasteiger partial charge in [0.25, 0.3) is 0 Å². The monoisotopic (exact) mass is 385 g/mol. The molecular weight excluding hydrogens is 366 g/mol. The third-order valence-corrected chi connectivity index (χ3v) is 5.94. The summed E-state index contributed by atoms with van der Waals surface area (Å²) in [6, 6.07) is 19.1. The summed E-state index contributed by atoms with van der Waals surface area (Å²) in [5.41, 5.74) is 10.0. The molecule has 6 heteroatoms. The Morgan fingerprint density at radius 2 is 1.93 bits per heavy atom. The summed E-state index contributed by atoms with van der Waals surface area (Å²) in [5.74, 6) is 0.845. The molecule has 0 radical (unpaired) electrons. The molecule has 0 bridgehead atoms. The van der Waals surface area contributed by atoms with Crippen molar-refractivity contribution in [2.45, 2.75) is 0 Å². The molecule has 3 heterocycles. The molecule has 0 aliphatic carbocycles. The first-order valence-electron chi connectivity index (χ1n) is 9.19. The highest BCUT2D eigenvalue weighted by atomic mass is 32.1. The lowest BCUT2D eigenvalue weighted by Crippen LogP contribution is -2.14. The minimum atomic E-state index is 0.559. The third kappa shape index (κ3) is 2.93. The Balaban J connectivity index is 1.70. The van der Waals surface area contributed by atoms with Crippen molar-refractivity contribution < 1.29 is 0 Å². The van der Waals surface area contributed by atoms with Crippen molar-refractivity contribution in [2.24, 2.45) is 5.73 Å². The average molecular weight is 385 g/mol. The summed E-state index contributed by atoms with van der Waals surface area (Å²) in [6.45, 7) is 1.24. The number of benzene rings is 2. The fourth-order valence-electron chi connectivity index (χ4n) is 3.49. The highest BCUT2D eigenvalue weighted by molar-refractivity contribution is 7.22. The zero-order valence-corrected chi connectivity index (χ0v) is 16.0. The van der Waals surface area contributed by atoms with Gasteiger partial charge in [0.1, 0.15) is 5.82 Å². The summed E-state index contributed by atoms with van der Waals surface area (Å²) in [5, 5.41) is 13.1. The molecule has 0 unspecified atom stereocenters. The standard InChI is InChI=1S/C22H19N5S/c23-7-9-25-22-17(5-3-8-24-22)15-10-16-13-26-27-21(16)18(11-15)20-12-14-4-1-2-6-19(14)28-20/h1-6,8,10-13H,7,9,23H2,(H,24,25)(H,26,27). The van der Waals surface area contributed by atoms with Gasteiger partial charge in [-0.2, -0.15) is 5.10 Å². The van der Waals surface area contributed by atoms with Gasteiger partial charge in [0.15, 0.2) is 0 Å². The summed E-state index contributed by atoms with van der Waals surface area (Å²) < 4.78 is 1.28. The van der Waals surface area contributed by atoms with Crippen LogP contribution in [0, 0.1) is 0 Å². The molecule has 4 N–H and O–H groups in total. The van der Waals surface area contributed by atoms with Crippen molar-refractivity contribution in [1.29, 1.82) is 0 Å². The van der Waals surface area contributed by atoms with E-state index in [2.05, 4.69) is 69.0 Å². The van der Waals surface area contributed by atoms with Crippen LogP contribution >= 0.6 is 11.3 Å². The summed E-state index contributed by atoms with van der Waals surface area (Å²) >= 11 is 1.80. The predicted octanol–water partition coefficient (Wildman–Crippen LogP) is 4.88. The second kappa shape index (κ2) is 7.07. The number of aromatic amines is 1. The number of hydrogen-bond acceptors (Lipinski definition) is 5. The van der Waals surface area contributed by atoms with Crippen LogP contribution in [0.4, 0.5) is 5.82 Å². The quantitative estimate of drug-likeness (QED) is 0.403. The molecule has 5 rings (SSSR count). The zero-order chi connectivity index (χ0) is 18.9. The second-order valence-corrected chi connectivity index (χ2v) is 7.71. The van der Waals surface area contributed by atoms with Gasteiger partial charge in [0.05, 0.1) is 11.7 Å². The zero-order valence-electron chi connectivity index (χ0n) is 15.1. The maximum Gasteiger partial charge on any atom is 0.133 e. The van der Waals surface area contributed by atoms with Crippen LogP contribution in [0.5, 0.6) is 0 Å². The Hall–Kier alpha value is -3.22. The van der Waals surface area contributed by atoms with E-state index in [-0.39, 0.29) is 0 Å². The lowest BCUT2D eigenvalue weighted by atomic mass is 10.00. The van der Waals surface area contributed by atoms with Crippen LogP contribution in [0.2, 0.25) is 0 Å². The number of nitrogens with two attached hydrogens (primary N) is 1. The van der Waals surface area contributed by atoms with Crippen LogP contribution in [0.3, 0.4) is 0 Å². The SMILES string of the molecule is NCCNc1ncccc1-c1cc(-c2cc3ccccc3s2)c2[nH]ncc2c1. The number of anilines is 1. The van der Waals surface area contributed by atoms with Gasteiger partial charge in [0, 0.05) is 45.4 Å². The van der Waals surface area contributed by atoms with E-state index < -0.39 is 0 Å². The van der Waals surface area contributed by atoms with Crippen molar-refractivity contribution in [3.63, 3.8) is 0 Å². The normalized spacial score (nSPS) is 11.3. The summed E-state index contributed by atoms with van der Waals surface area (Å²) in [4.78, 5) is 5.73. The average Bonchev–Trinajstić information content (AvgIpc) is 3.38. The van der Waals surface area contributed by atoms with E-state index in [1.807, 2.05) is 12.3 Å². The van der Waals surface area contributed by atoms with E-state index in [1.165, 1.54) is 15.0 Å². The van der Waals surface area contributed by atoms with Gasteiger partial charge < -0.3 is 11.1 Å². The maximum absolute atomic E-state index is 5.66. The fourth-order valence-corrected chi connectivity index (χ4v) is 4.58. The lowest BCUT2D eigenvalue weighted by molar-refractivity contribution is 1.01. The van der Waals surface area contributed by atoms with Crippen LogP contribution < -0.4 is 11.1 Å². The Morgan fingerprint density at radius 3 is 2.82 bits per heavy atom. The van der Waals surface area contributed by atoms with E-state index in [0.29, 0.717) is 13.1 Å². The van der Waals surface area contributed by atoms with E-state index in [0.717, 1.165) is 33.4 Å². The predicted molar refractivity (Wildman–Crippen MR) is 118 cm³/mol. The molecule has 28 heavy (non-hydrogen) atoms. The van der Waals surface area contributed by atoms with Gasteiger partial charge >= 0.3 is 0 Å². The minimum Gasteiger partial charge on any atom is -0.368 e. The first kappa shape index (κ1) is 16.9. The second-order valence-electron chi connectivity index (χ2n) is 6.62. The van der Waals surface area contributed by atoms with Crippen LogP contribution in [0.25, 0.3) is 42.6 Å². The number of pyridine rings is 1. The summed E-state index contributed by atoms with van der Waals surface area (Å²) in [7, 11) is 0. The van der Waals surface area contributed by atoms with Gasteiger partial charge in [-0.25, -0.2) is 4.98 Å². The minimum absolute atomic E-state index is 0.559. The first-order chi connectivity index (χ1) is 13.8. The van der Waals surface area contributed by atoms with Crippen LogP contribution in [-0.4, -0.2) is 28.3 Å². The van der Waals surface area contributed by atoms with Crippen LogP contribution in [-0.2, 0) is 0 Å². The number of nitrogens with zero attached hydrogens (tertiary/aromatic N) is 2. The molecule has 0 aliphatic rings. The highest BCUT2D eigenvalue weighted by Gasteiger charge is 2.14. The van der Waals surface area contributed by atoms with Gasteiger partial charge in [0.2, 0.25) is 0 Å². The number of thiophene rings is 1. The molecule has 5 aromatic rings. The number of aromatic nitrogens is 3. The number of nitrogens with one attached hydrogen (secondary N) is 2. The third-order valence-electron chi connectivity index (χ3n) is 4.80. The van der Waals surface area contributed by atoms with Crippen molar-refractivity contribution in [3.8, 4) is 21.6 Å². The molecule has 138 valence electrons. The molecule has 0 aliphatic heterocycles. The lowest BCUT2D eigenvalue weighted by Gasteiger charge is -2.12. The molecule has 3 aromatic heterocycles. The number of hydrogen-bond donors (Lipinski definition) is 3. The Bertz CT molecular complexity index is 1240. The van der Waals surface area contributed by atoms with Gasteiger partial charge in [-0.15, -0.1) is 11.3 Å². The van der Waals surface area contributed by atoms with Crippen molar-refractivity contribution in [3.05, 3.63) is 67.0 Å². The van der Waals surface area contributed by atoms with Crippen LogP contribution in [0.15, 0.2) is 67.0 Å². The number of fused-ring (bicyclic) bond motifs is 2. The number of H-pyrrole nitrogens is 1. The fraction of sp³-hybridized carbons (Fsp3) is 0.0909. The first-order valence-corrected chi connectivity index (χ1v) is 10.0. The molecule has 0 amide bonds. The maximum atomic E-state index is 5.66. The van der Waals surface area contributed by atoms with Crippen molar-refractivity contribution in [1.82, 2.24) is 15.2 Å². The largest absolute Gasteiger partial charge is 0.368 e. The van der Waals surface area contributed by atoms with E-state index in [9.17, 15) is 0 Å². The Morgan fingerprint density at radius 1 is 1.00 bits per heavy atom. The Labute approximate surface area is 166 Å². The summed E-state index contributed by atoms with van der Waals surface area (Å²) in [6.07, 6.45) is 3.67. The Kier molecular flexibility index (Phi) is 4.27. The van der Waals surface area contributed by atoms with Gasteiger partial charge in [-0.05, 0) is 47.3 Å². The van der Waals surface area contributed by atoms with Gasteiger partial charge in [-0.1, -0.05) is 18.2 Å². The smallest absolute Gasteiger partial charge is 0.133 e. The van der Waals surface area contributed by atoms with Crippen LogP contribution in [0.1, 0.15) is 0 Å². The van der Waals surface area contributed by atoms with E-state index in [1.54, 1.807) is 17.5 Å². The molecule has 0 fully saturated rings. The van der Waals surface area contributed by atoms with Crippen molar-refractivity contribution >= 4 is 38.1 Å². The topological polar surface area (TPSA) is 79.6 Å².